The molecule has 6 heteroatoms. The number of aryl methyl sites for hydroxylation is 1. The van der Waals surface area contributed by atoms with Crippen molar-refractivity contribution in [2.75, 3.05) is 11.9 Å². The number of benzene rings is 1. The summed E-state index contributed by atoms with van der Waals surface area (Å²) in [5.74, 6) is 0.323. The molecule has 0 fully saturated rings. The van der Waals surface area contributed by atoms with Crippen molar-refractivity contribution in [3.63, 3.8) is 0 Å². The summed E-state index contributed by atoms with van der Waals surface area (Å²) < 4.78 is 1.95. The molecule has 1 heterocycles. The average Bonchev–Trinajstić information content (AvgIpc) is 2.65. The maximum Gasteiger partial charge on any atom is 0.240 e. The van der Waals surface area contributed by atoms with Crippen LogP contribution in [0.4, 0.5) is 5.95 Å². The molecule has 5 nitrogen and oxygen atoms in total. The highest BCUT2D eigenvalue weighted by Crippen LogP contribution is 2.18. The van der Waals surface area contributed by atoms with Crippen molar-refractivity contribution in [1.82, 2.24) is 9.55 Å². The van der Waals surface area contributed by atoms with E-state index in [0.717, 1.165) is 17.6 Å². The van der Waals surface area contributed by atoms with Crippen molar-refractivity contribution >= 4 is 35.3 Å². The molecule has 0 radical (unpaired) electrons. The van der Waals surface area contributed by atoms with Gasteiger partial charge in [0.05, 0.1) is 17.6 Å². The molecule has 2 aromatic rings. The minimum atomic E-state index is -0.231. The van der Waals surface area contributed by atoms with Crippen LogP contribution in [0.15, 0.2) is 24.3 Å². The van der Waals surface area contributed by atoms with E-state index in [4.69, 9.17) is 5.73 Å². The van der Waals surface area contributed by atoms with E-state index in [9.17, 15) is 4.79 Å². The lowest BCUT2D eigenvalue weighted by molar-refractivity contribution is -0.115. The number of nitrogens with one attached hydrogen (secondary N) is 1. The number of imidazole rings is 1. The van der Waals surface area contributed by atoms with Gasteiger partial charge in [-0.2, -0.15) is 0 Å². The smallest absolute Gasteiger partial charge is 0.240 e. The normalized spacial score (nSPS) is 10.0. The quantitative estimate of drug-likeness (QED) is 0.869. The van der Waals surface area contributed by atoms with E-state index >= 15 is 0 Å². The Morgan fingerprint density at radius 1 is 1.47 bits per heavy atom. The van der Waals surface area contributed by atoms with E-state index in [0.29, 0.717) is 5.95 Å². The summed E-state index contributed by atoms with van der Waals surface area (Å²) in [6, 6.07) is 7.76. The molecule has 0 bridgehead atoms. The van der Waals surface area contributed by atoms with Gasteiger partial charge in [-0.15, -0.1) is 12.4 Å². The van der Waals surface area contributed by atoms with Gasteiger partial charge in [0.15, 0.2) is 0 Å². The van der Waals surface area contributed by atoms with Crippen molar-refractivity contribution in [3.05, 3.63) is 24.3 Å². The standard InChI is InChI=1S/C11H14N4O.ClH/c1-2-15-9-6-4-3-5-8(9)13-11(15)14-10(16)7-12;/h3-6H,2,7,12H2,1H3,(H,13,14,16);1H. The van der Waals surface area contributed by atoms with Crippen LogP contribution in [0, 0.1) is 0 Å². The number of nitrogens with two attached hydrogens (primary N) is 1. The number of aromatic nitrogens is 2. The zero-order valence-corrected chi connectivity index (χ0v) is 10.3. The molecule has 0 saturated heterocycles. The number of carbonyl (C=O) groups is 1. The number of hydrogen-bond donors (Lipinski definition) is 2. The highest BCUT2D eigenvalue weighted by molar-refractivity contribution is 5.92. The first-order valence-electron chi connectivity index (χ1n) is 5.21. The van der Waals surface area contributed by atoms with Gasteiger partial charge in [-0.05, 0) is 19.1 Å². The summed E-state index contributed by atoms with van der Waals surface area (Å²) in [4.78, 5) is 15.6. The maximum atomic E-state index is 11.2. The Labute approximate surface area is 105 Å². The van der Waals surface area contributed by atoms with Crippen LogP contribution in [0.2, 0.25) is 0 Å². The van der Waals surface area contributed by atoms with Gasteiger partial charge in [0.25, 0.3) is 0 Å². The molecule has 92 valence electrons. The van der Waals surface area contributed by atoms with Crippen LogP contribution >= 0.6 is 12.4 Å². The monoisotopic (exact) mass is 254 g/mol. The van der Waals surface area contributed by atoms with Crippen molar-refractivity contribution in [2.24, 2.45) is 5.73 Å². The molecule has 0 aliphatic heterocycles. The van der Waals surface area contributed by atoms with Gasteiger partial charge in [-0.25, -0.2) is 4.98 Å². The third-order valence-electron chi connectivity index (χ3n) is 2.41. The van der Waals surface area contributed by atoms with Crippen LogP contribution < -0.4 is 11.1 Å². The van der Waals surface area contributed by atoms with Gasteiger partial charge in [0.2, 0.25) is 11.9 Å². The lowest BCUT2D eigenvalue weighted by Gasteiger charge is -2.05. The first-order chi connectivity index (χ1) is 7.76. The minimum absolute atomic E-state index is 0. The number of anilines is 1. The topological polar surface area (TPSA) is 72.9 Å². The molecule has 0 saturated carbocycles. The van der Waals surface area contributed by atoms with E-state index in [1.807, 2.05) is 35.8 Å². The van der Waals surface area contributed by atoms with Crippen LogP contribution in [-0.4, -0.2) is 22.0 Å². The second kappa shape index (κ2) is 5.65. The van der Waals surface area contributed by atoms with Crippen LogP contribution in [-0.2, 0) is 11.3 Å². The number of hydrogen-bond acceptors (Lipinski definition) is 3. The lowest BCUT2D eigenvalue weighted by atomic mass is 10.3. The van der Waals surface area contributed by atoms with Crippen LogP contribution in [0.1, 0.15) is 6.92 Å². The fourth-order valence-electron chi connectivity index (χ4n) is 1.67. The van der Waals surface area contributed by atoms with E-state index in [2.05, 4.69) is 10.3 Å². The van der Waals surface area contributed by atoms with Gasteiger partial charge in [-0.3, -0.25) is 10.1 Å². The molecule has 1 aromatic heterocycles. The van der Waals surface area contributed by atoms with Gasteiger partial charge < -0.3 is 10.3 Å². The van der Waals surface area contributed by atoms with E-state index < -0.39 is 0 Å². The number of amides is 1. The lowest BCUT2D eigenvalue weighted by Crippen LogP contribution is -2.23. The Morgan fingerprint density at radius 2 is 2.18 bits per heavy atom. The zero-order chi connectivity index (χ0) is 11.5. The molecule has 1 amide bonds. The van der Waals surface area contributed by atoms with Gasteiger partial charge in [0, 0.05) is 6.54 Å². The zero-order valence-electron chi connectivity index (χ0n) is 9.51. The number of carbonyl (C=O) groups excluding carboxylic acids is 1. The maximum absolute atomic E-state index is 11.2. The number of rotatable bonds is 3. The predicted octanol–water partition coefficient (Wildman–Crippen LogP) is 1.38. The number of fused-ring (bicyclic) bond motifs is 1. The fraction of sp³-hybridized carbons (Fsp3) is 0.273. The number of halogens is 1. The van der Waals surface area contributed by atoms with Crippen molar-refractivity contribution in [1.29, 1.82) is 0 Å². The van der Waals surface area contributed by atoms with Crippen molar-refractivity contribution < 1.29 is 4.79 Å². The van der Waals surface area contributed by atoms with Crippen molar-refractivity contribution in [3.8, 4) is 0 Å². The third kappa shape index (κ3) is 2.57. The molecule has 0 aliphatic carbocycles. The first-order valence-corrected chi connectivity index (χ1v) is 5.21. The molecular formula is C11H15ClN4O. The molecule has 0 spiro atoms. The minimum Gasteiger partial charge on any atom is -0.322 e. The Hall–Kier alpha value is -1.59. The van der Waals surface area contributed by atoms with E-state index in [1.54, 1.807) is 0 Å². The molecule has 1 aromatic carbocycles. The third-order valence-corrected chi connectivity index (χ3v) is 2.41. The molecule has 3 N–H and O–H groups in total. The van der Waals surface area contributed by atoms with Gasteiger partial charge >= 0.3 is 0 Å². The highest BCUT2D eigenvalue weighted by atomic mass is 35.5. The molecular weight excluding hydrogens is 240 g/mol. The SMILES string of the molecule is CCn1c(NC(=O)CN)nc2ccccc21.Cl. The Kier molecular flexibility index (Phi) is 4.48. The number of para-hydroxylation sites is 2. The average molecular weight is 255 g/mol. The molecule has 0 atom stereocenters. The summed E-state index contributed by atoms with van der Waals surface area (Å²) in [6.07, 6.45) is 0. The summed E-state index contributed by atoms with van der Waals surface area (Å²) in [7, 11) is 0. The Morgan fingerprint density at radius 3 is 2.82 bits per heavy atom. The molecule has 2 rings (SSSR count). The van der Waals surface area contributed by atoms with E-state index in [1.165, 1.54) is 0 Å². The largest absolute Gasteiger partial charge is 0.322 e. The fourth-order valence-corrected chi connectivity index (χ4v) is 1.67. The molecule has 17 heavy (non-hydrogen) atoms. The molecule has 0 unspecified atom stereocenters. The van der Waals surface area contributed by atoms with Crippen molar-refractivity contribution in [2.45, 2.75) is 13.5 Å². The van der Waals surface area contributed by atoms with E-state index in [-0.39, 0.29) is 24.9 Å². The second-order valence-electron chi connectivity index (χ2n) is 3.42. The highest BCUT2D eigenvalue weighted by Gasteiger charge is 2.10. The Balaban J connectivity index is 0.00000144. The summed E-state index contributed by atoms with van der Waals surface area (Å²) in [6.45, 7) is 2.72. The van der Waals surface area contributed by atoms with Crippen LogP contribution in [0.3, 0.4) is 0 Å². The van der Waals surface area contributed by atoms with Crippen LogP contribution in [0.5, 0.6) is 0 Å². The number of nitrogens with zero attached hydrogens (tertiary/aromatic N) is 2. The molecule has 0 aliphatic rings. The van der Waals surface area contributed by atoms with Crippen LogP contribution in [0.25, 0.3) is 11.0 Å². The summed E-state index contributed by atoms with van der Waals surface area (Å²) in [5.41, 5.74) is 7.14. The summed E-state index contributed by atoms with van der Waals surface area (Å²) in [5, 5.41) is 2.69. The van der Waals surface area contributed by atoms with Gasteiger partial charge in [-0.1, -0.05) is 12.1 Å². The first kappa shape index (κ1) is 13.5. The Bertz CT molecular complexity index is 523. The van der Waals surface area contributed by atoms with Gasteiger partial charge in [0.1, 0.15) is 0 Å². The summed E-state index contributed by atoms with van der Waals surface area (Å²) >= 11 is 0. The predicted molar refractivity (Wildman–Crippen MR) is 70.3 cm³/mol. The second-order valence-corrected chi connectivity index (χ2v) is 3.42.